The number of hydrogen-bond acceptors (Lipinski definition) is 1. The van der Waals surface area contributed by atoms with Crippen LogP contribution in [-0.2, 0) is 4.79 Å². The lowest BCUT2D eigenvalue weighted by Crippen LogP contribution is -2.15. The van der Waals surface area contributed by atoms with Gasteiger partial charge in [0.15, 0.2) is 0 Å². The fraction of sp³-hybridized carbons (Fsp3) is 0.211. The Bertz CT molecular complexity index is 623. The number of anilines is 1. The van der Waals surface area contributed by atoms with Gasteiger partial charge < -0.3 is 5.32 Å². The Hall–Kier alpha value is -2.53. The number of carbonyl (C=O) groups excluding carboxylic acids is 1. The Balaban J connectivity index is 1.93. The van der Waals surface area contributed by atoms with E-state index >= 15 is 0 Å². The minimum Gasteiger partial charge on any atom is -0.326 e. The van der Waals surface area contributed by atoms with Crippen molar-refractivity contribution in [3.63, 3.8) is 0 Å². The molecule has 0 aromatic heterocycles. The van der Waals surface area contributed by atoms with Gasteiger partial charge in [-0.2, -0.15) is 0 Å². The van der Waals surface area contributed by atoms with Crippen molar-refractivity contribution in [1.82, 2.24) is 0 Å². The summed E-state index contributed by atoms with van der Waals surface area (Å²) in [6, 6.07) is 19.4. The Morgan fingerprint density at radius 3 is 2.29 bits per heavy atom. The first kappa shape index (κ1) is 14.9. The maximum absolute atomic E-state index is 12.0. The number of amides is 1. The zero-order valence-electron chi connectivity index (χ0n) is 12.2. The molecule has 0 saturated heterocycles. The fourth-order valence-corrected chi connectivity index (χ4v) is 1.96. The largest absolute Gasteiger partial charge is 0.326 e. The average Bonchev–Trinajstić information content (AvgIpc) is 2.53. The van der Waals surface area contributed by atoms with Gasteiger partial charge in [-0.1, -0.05) is 55.2 Å². The molecule has 0 saturated carbocycles. The molecular formula is C19H19NO. The number of carbonyl (C=O) groups is 1. The lowest BCUT2D eigenvalue weighted by molar-refractivity contribution is -0.116. The minimum absolute atomic E-state index is 0.00964. The zero-order valence-corrected chi connectivity index (χ0v) is 12.2. The predicted octanol–water partition coefficient (Wildman–Crippen LogP) is 4.09. The van der Waals surface area contributed by atoms with E-state index < -0.39 is 0 Å². The van der Waals surface area contributed by atoms with Gasteiger partial charge in [0, 0.05) is 23.6 Å². The van der Waals surface area contributed by atoms with Gasteiger partial charge in [0.2, 0.25) is 5.91 Å². The molecule has 1 amide bonds. The highest BCUT2D eigenvalue weighted by Crippen LogP contribution is 2.11. The highest BCUT2D eigenvalue weighted by atomic mass is 16.1. The molecule has 0 unspecified atom stereocenters. The molecule has 0 heterocycles. The van der Waals surface area contributed by atoms with Gasteiger partial charge in [0.05, 0.1) is 0 Å². The molecule has 1 atom stereocenters. The summed E-state index contributed by atoms with van der Waals surface area (Å²) >= 11 is 0. The summed E-state index contributed by atoms with van der Waals surface area (Å²) in [5.74, 6) is 6.41. The van der Waals surface area contributed by atoms with Crippen LogP contribution in [0.15, 0.2) is 60.7 Å². The van der Waals surface area contributed by atoms with E-state index in [1.807, 2.05) is 60.7 Å². The molecule has 0 spiro atoms. The van der Waals surface area contributed by atoms with Crippen molar-refractivity contribution < 1.29 is 4.79 Å². The summed E-state index contributed by atoms with van der Waals surface area (Å²) < 4.78 is 0. The topological polar surface area (TPSA) is 29.1 Å². The van der Waals surface area contributed by atoms with Gasteiger partial charge in [-0.25, -0.2) is 0 Å². The average molecular weight is 277 g/mol. The van der Waals surface area contributed by atoms with E-state index in [1.165, 1.54) is 0 Å². The van der Waals surface area contributed by atoms with Gasteiger partial charge in [0.1, 0.15) is 0 Å². The summed E-state index contributed by atoms with van der Waals surface area (Å²) in [5, 5.41) is 2.90. The number of para-hydroxylation sites is 1. The second-order valence-corrected chi connectivity index (χ2v) is 4.86. The molecule has 1 N–H and O–H groups in total. The van der Waals surface area contributed by atoms with Crippen LogP contribution in [0.4, 0.5) is 5.69 Å². The third-order valence-electron chi connectivity index (χ3n) is 3.18. The first-order chi connectivity index (χ1) is 10.3. The lowest BCUT2D eigenvalue weighted by atomic mass is 10.0. The summed E-state index contributed by atoms with van der Waals surface area (Å²) in [5.41, 5.74) is 1.81. The highest BCUT2D eigenvalue weighted by Gasteiger charge is 2.09. The molecule has 2 aromatic carbocycles. The monoisotopic (exact) mass is 277 g/mol. The molecule has 2 rings (SSSR count). The number of nitrogens with one attached hydrogen (secondary N) is 1. The Morgan fingerprint density at radius 2 is 1.67 bits per heavy atom. The van der Waals surface area contributed by atoms with E-state index in [2.05, 4.69) is 24.1 Å². The predicted molar refractivity (Wildman–Crippen MR) is 86.8 cm³/mol. The van der Waals surface area contributed by atoms with Crippen molar-refractivity contribution in [2.75, 3.05) is 5.32 Å². The van der Waals surface area contributed by atoms with Crippen LogP contribution in [0.3, 0.4) is 0 Å². The third-order valence-corrected chi connectivity index (χ3v) is 3.18. The fourth-order valence-electron chi connectivity index (χ4n) is 1.96. The SMILES string of the molecule is CC[C@@H](C#Cc1ccccc1)CC(=O)Nc1ccccc1. The highest BCUT2D eigenvalue weighted by molar-refractivity contribution is 5.91. The third kappa shape index (κ3) is 5.16. The molecule has 2 aromatic rings. The standard InChI is InChI=1S/C19H19NO/c1-2-16(13-14-17-9-5-3-6-10-17)15-19(21)20-18-11-7-4-8-12-18/h3-12,16H,2,15H2,1H3,(H,20,21)/t16-/m0/s1. The Labute approximate surface area is 126 Å². The van der Waals surface area contributed by atoms with Crippen molar-refractivity contribution >= 4 is 11.6 Å². The van der Waals surface area contributed by atoms with E-state index in [4.69, 9.17) is 0 Å². The van der Waals surface area contributed by atoms with E-state index in [9.17, 15) is 4.79 Å². The summed E-state index contributed by atoms with van der Waals surface area (Å²) in [4.78, 5) is 12.0. The van der Waals surface area contributed by atoms with Crippen LogP contribution in [0.2, 0.25) is 0 Å². The van der Waals surface area contributed by atoms with Crippen molar-refractivity contribution in [3.8, 4) is 11.8 Å². The molecule has 0 radical (unpaired) electrons. The van der Waals surface area contributed by atoms with Crippen LogP contribution < -0.4 is 5.32 Å². The van der Waals surface area contributed by atoms with Crippen LogP contribution in [-0.4, -0.2) is 5.91 Å². The Kier molecular flexibility index (Phi) is 5.60. The molecule has 2 heteroatoms. The van der Waals surface area contributed by atoms with Crippen molar-refractivity contribution in [3.05, 3.63) is 66.2 Å². The smallest absolute Gasteiger partial charge is 0.225 e. The number of hydrogen-bond donors (Lipinski definition) is 1. The van der Waals surface area contributed by atoms with Gasteiger partial charge in [-0.05, 0) is 30.7 Å². The van der Waals surface area contributed by atoms with Crippen LogP contribution in [0, 0.1) is 17.8 Å². The van der Waals surface area contributed by atoms with Crippen molar-refractivity contribution in [2.45, 2.75) is 19.8 Å². The molecule has 21 heavy (non-hydrogen) atoms. The Morgan fingerprint density at radius 1 is 1.05 bits per heavy atom. The van der Waals surface area contributed by atoms with Crippen molar-refractivity contribution in [1.29, 1.82) is 0 Å². The second-order valence-electron chi connectivity index (χ2n) is 4.86. The quantitative estimate of drug-likeness (QED) is 0.838. The zero-order chi connectivity index (χ0) is 14.9. The van der Waals surface area contributed by atoms with Gasteiger partial charge in [-0.15, -0.1) is 0 Å². The van der Waals surface area contributed by atoms with Crippen LogP contribution in [0.1, 0.15) is 25.3 Å². The second kappa shape index (κ2) is 7.91. The van der Waals surface area contributed by atoms with Crippen LogP contribution >= 0.6 is 0 Å². The minimum atomic E-state index is 0.00964. The van der Waals surface area contributed by atoms with Crippen molar-refractivity contribution in [2.24, 2.45) is 5.92 Å². The maximum atomic E-state index is 12.0. The molecular weight excluding hydrogens is 258 g/mol. The van der Waals surface area contributed by atoms with E-state index in [1.54, 1.807) is 0 Å². The lowest BCUT2D eigenvalue weighted by Gasteiger charge is -2.08. The summed E-state index contributed by atoms with van der Waals surface area (Å²) in [7, 11) is 0. The van der Waals surface area contributed by atoms with Gasteiger partial charge >= 0.3 is 0 Å². The molecule has 2 nitrogen and oxygen atoms in total. The first-order valence-electron chi connectivity index (χ1n) is 7.19. The number of benzene rings is 2. The van der Waals surface area contributed by atoms with Gasteiger partial charge in [-0.3, -0.25) is 4.79 Å². The number of rotatable bonds is 4. The van der Waals surface area contributed by atoms with E-state index in [0.29, 0.717) is 6.42 Å². The maximum Gasteiger partial charge on any atom is 0.225 e. The first-order valence-corrected chi connectivity index (χ1v) is 7.19. The van der Waals surface area contributed by atoms with Crippen LogP contribution in [0.25, 0.3) is 0 Å². The van der Waals surface area contributed by atoms with Crippen LogP contribution in [0.5, 0.6) is 0 Å². The summed E-state index contributed by atoms with van der Waals surface area (Å²) in [6.45, 7) is 2.06. The van der Waals surface area contributed by atoms with E-state index in [-0.39, 0.29) is 11.8 Å². The van der Waals surface area contributed by atoms with Gasteiger partial charge in [0.25, 0.3) is 0 Å². The molecule has 0 aliphatic heterocycles. The molecule has 106 valence electrons. The normalized spacial score (nSPS) is 11.1. The molecule has 0 fully saturated rings. The molecule has 0 aliphatic rings. The molecule has 0 bridgehead atoms. The summed E-state index contributed by atoms with van der Waals surface area (Å²) in [6.07, 6.45) is 1.28. The van der Waals surface area contributed by atoms with E-state index in [0.717, 1.165) is 17.7 Å². The molecule has 0 aliphatic carbocycles.